The summed E-state index contributed by atoms with van der Waals surface area (Å²) in [5.41, 5.74) is 2.73. The molecule has 2 saturated heterocycles. The van der Waals surface area contributed by atoms with Crippen LogP contribution in [0.5, 0.6) is 0 Å². The average molecular weight is 530 g/mol. The first-order valence-corrected chi connectivity index (χ1v) is 12.9. The Balaban J connectivity index is 0.000000239. The lowest BCUT2D eigenvalue weighted by Gasteiger charge is -2.27. The lowest BCUT2D eigenvalue weighted by atomic mass is 9.72. The van der Waals surface area contributed by atoms with Gasteiger partial charge >= 0.3 is 28.5 Å². The second-order valence-corrected chi connectivity index (χ2v) is 9.32. The first kappa shape index (κ1) is 32.5. The van der Waals surface area contributed by atoms with Gasteiger partial charge in [-0.1, -0.05) is 48.5 Å². The molecule has 206 valence electrons. The van der Waals surface area contributed by atoms with Gasteiger partial charge in [-0.15, -0.1) is 0 Å². The minimum absolute atomic E-state index is 0.0810. The molecule has 2 fully saturated rings. The van der Waals surface area contributed by atoms with Crippen molar-refractivity contribution >= 4 is 50.3 Å². The highest BCUT2D eigenvalue weighted by molar-refractivity contribution is 6.63. The van der Waals surface area contributed by atoms with Crippen LogP contribution in [0.3, 0.4) is 0 Å². The normalized spacial score (nSPS) is 19.9. The zero-order chi connectivity index (χ0) is 28.1. The van der Waals surface area contributed by atoms with Gasteiger partial charge in [-0.3, -0.25) is 0 Å². The van der Waals surface area contributed by atoms with Gasteiger partial charge in [0.05, 0.1) is 6.10 Å². The van der Waals surface area contributed by atoms with Crippen LogP contribution in [0.1, 0.15) is 40.0 Å². The molecule has 3 unspecified atom stereocenters. The van der Waals surface area contributed by atoms with E-state index in [0.29, 0.717) is 17.3 Å². The van der Waals surface area contributed by atoms with E-state index in [0.717, 1.165) is 37.0 Å². The van der Waals surface area contributed by atoms with Gasteiger partial charge in [0.25, 0.3) is 0 Å². The summed E-state index contributed by atoms with van der Waals surface area (Å²) in [4.78, 5) is 0. The van der Waals surface area contributed by atoms with Gasteiger partial charge in [-0.2, -0.15) is 0 Å². The molecule has 2 aliphatic rings. The summed E-state index contributed by atoms with van der Waals surface area (Å²) in [7, 11) is -3.54. The molecule has 0 amide bonds. The molecule has 2 aromatic rings. The number of hydrogen-bond donors (Lipinski definition) is 6. The van der Waals surface area contributed by atoms with Gasteiger partial charge in [0, 0.05) is 32.0 Å². The predicted octanol–water partition coefficient (Wildman–Crippen LogP) is -2.48. The van der Waals surface area contributed by atoms with E-state index < -0.39 is 14.2 Å². The second kappa shape index (κ2) is 17.1. The maximum Gasteiger partial charge on any atom is 0.494 e. The molecular formula is C24H38B4O10. The van der Waals surface area contributed by atoms with E-state index in [-0.39, 0.29) is 39.2 Å². The van der Waals surface area contributed by atoms with E-state index in [1.165, 1.54) is 24.3 Å². The minimum Gasteiger partial charge on any atom is -0.423 e. The molecule has 38 heavy (non-hydrogen) atoms. The molecule has 0 spiro atoms. The molecule has 2 aromatic carbocycles. The Morgan fingerprint density at radius 2 is 1.13 bits per heavy atom. The standard InChI is InChI=1S/C14H20B2O4.C6H8B2O4.C4H10O2/c1-11-7-9-17-15(19-11)13-3-5-14(6-4-13)16-18-10-8-12(2)20-16;9-7(10)5-1-2-6(4-3-5)8(11)12;1-4(6)2-3-5/h3-6,11-12H,7-10H2,1-2H3;1-4,9-12H;4-6H,2-3H2,1H3. The van der Waals surface area contributed by atoms with E-state index >= 15 is 0 Å². The number of aliphatic hydroxyl groups is 2. The van der Waals surface area contributed by atoms with E-state index in [4.69, 9.17) is 48.9 Å². The number of aliphatic hydroxyl groups excluding tert-OH is 2. The molecule has 0 aliphatic carbocycles. The Morgan fingerprint density at radius 3 is 1.37 bits per heavy atom. The Bertz CT molecular complexity index is 834. The molecule has 0 saturated carbocycles. The predicted molar refractivity (Wildman–Crippen MR) is 149 cm³/mol. The van der Waals surface area contributed by atoms with E-state index in [9.17, 15) is 0 Å². The highest BCUT2D eigenvalue weighted by Gasteiger charge is 2.31. The second-order valence-electron chi connectivity index (χ2n) is 9.32. The Labute approximate surface area is 226 Å². The highest BCUT2D eigenvalue weighted by Crippen LogP contribution is 2.11. The molecule has 0 aromatic heterocycles. The fourth-order valence-electron chi connectivity index (χ4n) is 3.51. The highest BCUT2D eigenvalue weighted by atomic mass is 16.6. The van der Waals surface area contributed by atoms with Crippen molar-refractivity contribution in [1.29, 1.82) is 0 Å². The summed E-state index contributed by atoms with van der Waals surface area (Å²) >= 11 is 0. The summed E-state index contributed by atoms with van der Waals surface area (Å²) in [5.74, 6) is 0. The van der Waals surface area contributed by atoms with Crippen LogP contribution in [-0.2, 0) is 18.6 Å². The molecule has 4 rings (SSSR count). The zero-order valence-corrected chi connectivity index (χ0v) is 22.2. The maximum atomic E-state index is 8.68. The summed E-state index contributed by atoms with van der Waals surface area (Å²) in [6.07, 6.45) is 2.54. The monoisotopic (exact) mass is 530 g/mol. The van der Waals surface area contributed by atoms with Crippen LogP contribution in [0.15, 0.2) is 48.5 Å². The molecule has 0 radical (unpaired) electrons. The summed E-state index contributed by atoms with van der Waals surface area (Å²) < 4.78 is 22.9. The number of rotatable bonds is 6. The van der Waals surface area contributed by atoms with Crippen molar-refractivity contribution in [3.63, 3.8) is 0 Å². The molecule has 6 N–H and O–H groups in total. The topological polar surface area (TPSA) is 158 Å². The SMILES string of the molecule is CC(O)CCO.CC1CCOB(c2ccc(B3OCCC(C)O3)cc2)O1.OB(O)c1ccc(B(O)O)cc1. The Morgan fingerprint density at radius 1 is 0.763 bits per heavy atom. The van der Waals surface area contributed by atoms with Crippen LogP contribution < -0.4 is 21.9 Å². The maximum absolute atomic E-state index is 8.68. The third-order valence-corrected chi connectivity index (χ3v) is 5.86. The van der Waals surface area contributed by atoms with E-state index in [2.05, 4.69) is 13.8 Å². The van der Waals surface area contributed by atoms with Crippen molar-refractivity contribution in [2.45, 2.75) is 58.3 Å². The largest absolute Gasteiger partial charge is 0.494 e. The fraction of sp³-hybridized carbons (Fsp3) is 0.500. The quantitative estimate of drug-likeness (QED) is 0.221. The lowest BCUT2D eigenvalue weighted by Crippen LogP contribution is -2.46. The molecule has 2 heterocycles. The van der Waals surface area contributed by atoms with Crippen molar-refractivity contribution in [3.05, 3.63) is 48.5 Å². The van der Waals surface area contributed by atoms with Crippen molar-refractivity contribution < 1.29 is 48.9 Å². The van der Waals surface area contributed by atoms with Gasteiger partial charge < -0.3 is 48.9 Å². The van der Waals surface area contributed by atoms with Crippen LogP contribution in [-0.4, -0.2) is 96.9 Å². The Hall–Kier alpha value is -1.70. The van der Waals surface area contributed by atoms with Crippen LogP contribution >= 0.6 is 0 Å². The summed E-state index contributed by atoms with van der Waals surface area (Å²) in [5, 5.41) is 51.2. The molecule has 2 aliphatic heterocycles. The van der Waals surface area contributed by atoms with Crippen molar-refractivity contribution in [2.75, 3.05) is 19.8 Å². The van der Waals surface area contributed by atoms with Crippen LogP contribution in [0.25, 0.3) is 0 Å². The first-order chi connectivity index (χ1) is 18.1. The molecule has 14 heteroatoms. The van der Waals surface area contributed by atoms with Crippen LogP contribution in [0, 0.1) is 0 Å². The third-order valence-electron chi connectivity index (χ3n) is 5.86. The Kier molecular flexibility index (Phi) is 14.6. The molecule has 10 nitrogen and oxygen atoms in total. The van der Waals surface area contributed by atoms with Gasteiger partial charge in [-0.25, -0.2) is 0 Å². The number of hydrogen-bond acceptors (Lipinski definition) is 10. The lowest BCUT2D eigenvalue weighted by molar-refractivity contribution is 0.0853. The molecular weight excluding hydrogens is 492 g/mol. The first-order valence-electron chi connectivity index (χ1n) is 12.9. The molecule has 3 atom stereocenters. The molecule has 0 bridgehead atoms. The average Bonchev–Trinajstić information content (AvgIpc) is 2.89. The van der Waals surface area contributed by atoms with E-state index in [1.807, 2.05) is 24.3 Å². The third kappa shape index (κ3) is 11.6. The van der Waals surface area contributed by atoms with Crippen LogP contribution in [0.2, 0.25) is 0 Å². The van der Waals surface area contributed by atoms with Gasteiger partial charge in [0.2, 0.25) is 0 Å². The van der Waals surface area contributed by atoms with Crippen molar-refractivity contribution in [2.24, 2.45) is 0 Å². The smallest absolute Gasteiger partial charge is 0.423 e. The van der Waals surface area contributed by atoms with Crippen LogP contribution in [0.4, 0.5) is 0 Å². The summed E-state index contributed by atoms with van der Waals surface area (Å²) in [6, 6.07) is 13.8. The fourth-order valence-corrected chi connectivity index (χ4v) is 3.51. The summed E-state index contributed by atoms with van der Waals surface area (Å²) in [6.45, 7) is 7.39. The van der Waals surface area contributed by atoms with Gasteiger partial charge in [-0.05, 0) is 61.9 Å². The minimum atomic E-state index is -1.52. The van der Waals surface area contributed by atoms with Gasteiger partial charge in [0.1, 0.15) is 0 Å². The zero-order valence-electron chi connectivity index (χ0n) is 22.2. The van der Waals surface area contributed by atoms with Crippen molar-refractivity contribution in [3.8, 4) is 0 Å². The van der Waals surface area contributed by atoms with Gasteiger partial charge in [0.15, 0.2) is 0 Å². The van der Waals surface area contributed by atoms with Crippen molar-refractivity contribution in [1.82, 2.24) is 0 Å². The number of benzene rings is 2. The van der Waals surface area contributed by atoms with E-state index in [1.54, 1.807) is 6.92 Å².